The maximum Gasteiger partial charge on any atom is 0.188 e. The van der Waals surface area contributed by atoms with Crippen molar-refractivity contribution in [2.24, 2.45) is 0 Å². The third kappa shape index (κ3) is 7.54. The zero-order chi connectivity index (χ0) is 24.6. The fourth-order valence-corrected chi connectivity index (χ4v) is 6.10. The molecule has 0 saturated heterocycles. The zero-order valence-electron chi connectivity index (χ0n) is 22.4. The molecule has 1 N–H and O–H groups in total. The van der Waals surface area contributed by atoms with E-state index in [0.717, 1.165) is 18.7 Å². The smallest absolute Gasteiger partial charge is 0.188 e. The van der Waals surface area contributed by atoms with Crippen LogP contribution in [0.4, 0.5) is 0 Å². The monoisotopic (exact) mass is 471 g/mol. The van der Waals surface area contributed by atoms with Crippen LogP contribution in [-0.4, -0.2) is 21.0 Å². The van der Waals surface area contributed by atoms with Gasteiger partial charge in [0.15, 0.2) is 6.79 Å². The van der Waals surface area contributed by atoms with Gasteiger partial charge in [0, 0.05) is 24.4 Å². The molecule has 0 fully saturated rings. The van der Waals surface area contributed by atoms with E-state index in [1.807, 2.05) is 7.05 Å². The fraction of sp³-hybridized carbons (Fsp3) is 0.586. The minimum absolute atomic E-state index is 0.0119. The number of benzene rings is 2. The number of hydrogen-bond acceptors (Lipinski definition) is 3. The van der Waals surface area contributed by atoms with E-state index in [4.69, 9.17) is 9.47 Å². The molecule has 2 aromatic rings. The highest BCUT2D eigenvalue weighted by atomic mass is 31.1. The Labute approximate surface area is 204 Å². The molecular weight excluding hydrogens is 425 g/mol. The molecule has 3 nitrogen and oxygen atoms in total. The molecule has 0 aliphatic carbocycles. The van der Waals surface area contributed by atoms with Gasteiger partial charge in [-0.15, -0.1) is 0 Å². The first-order valence-corrected chi connectivity index (χ1v) is 13.4. The zero-order valence-corrected chi connectivity index (χ0v) is 23.4. The Kier molecular flexibility index (Phi) is 10.4. The predicted octanol–water partition coefficient (Wildman–Crippen LogP) is 7.10. The molecule has 33 heavy (non-hydrogen) atoms. The SMILES string of the molecule is CCCCCC(C)(Pc1ccc(C)cc1CNC)c1cc(C(C)(C)C)cc(C)c1OCOC. The lowest BCUT2D eigenvalue weighted by Gasteiger charge is -2.35. The van der Waals surface area contributed by atoms with Crippen molar-refractivity contribution >= 4 is 13.9 Å². The number of aryl methyl sites for hydroxylation is 2. The van der Waals surface area contributed by atoms with Crippen molar-refractivity contribution in [1.82, 2.24) is 5.32 Å². The molecule has 4 heteroatoms. The normalized spacial score (nSPS) is 14.1. The van der Waals surface area contributed by atoms with E-state index in [2.05, 4.69) is 84.1 Å². The van der Waals surface area contributed by atoms with Gasteiger partial charge in [0.25, 0.3) is 0 Å². The third-order valence-corrected chi connectivity index (χ3v) is 8.20. The van der Waals surface area contributed by atoms with Crippen LogP contribution in [0.3, 0.4) is 0 Å². The number of nitrogens with one attached hydrogen (secondary N) is 1. The highest BCUT2D eigenvalue weighted by Crippen LogP contribution is 2.50. The molecule has 0 heterocycles. The van der Waals surface area contributed by atoms with Crippen molar-refractivity contribution in [2.45, 2.75) is 91.3 Å². The first-order chi connectivity index (χ1) is 15.6. The Morgan fingerprint density at radius 3 is 2.33 bits per heavy atom. The van der Waals surface area contributed by atoms with Gasteiger partial charge in [-0.1, -0.05) is 98.4 Å². The Balaban J connectivity index is 2.67. The van der Waals surface area contributed by atoms with Crippen LogP contribution in [0, 0.1) is 13.8 Å². The molecular formula is C29H46NO2P. The van der Waals surface area contributed by atoms with Gasteiger partial charge in [-0.25, -0.2) is 0 Å². The molecule has 0 aliphatic heterocycles. The Hall–Kier alpha value is -1.41. The second kappa shape index (κ2) is 12.3. The maximum absolute atomic E-state index is 6.24. The van der Waals surface area contributed by atoms with E-state index in [9.17, 15) is 0 Å². The Bertz CT molecular complexity index is 903. The fourth-order valence-electron chi connectivity index (χ4n) is 4.40. The summed E-state index contributed by atoms with van der Waals surface area (Å²) < 4.78 is 11.6. The molecule has 0 radical (unpaired) electrons. The molecule has 0 aliphatic rings. The summed E-state index contributed by atoms with van der Waals surface area (Å²) in [5.41, 5.74) is 6.69. The van der Waals surface area contributed by atoms with E-state index < -0.39 is 0 Å². The Morgan fingerprint density at radius 1 is 1.00 bits per heavy atom. The average Bonchev–Trinajstić information content (AvgIpc) is 2.74. The standard InChI is InChI=1S/C29H46NO2P/c1-10-11-12-15-29(7,33-26-14-13-21(2)16-23(26)19-30-8)25-18-24(28(4,5)6)17-22(3)27(25)32-20-31-9/h13-14,16-18,30,33H,10-12,15,19-20H2,1-9H3. The van der Waals surface area contributed by atoms with Crippen LogP contribution in [0.5, 0.6) is 5.75 Å². The summed E-state index contributed by atoms with van der Waals surface area (Å²) in [7, 11) is 4.38. The lowest BCUT2D eigenvalue weighted by atomic mass is 9.82. The quantitative estimate of drug-likeness (QED) is 0.203. The first kappa shape index (κ1) is 27.8. The number of methoxy groups -OCH3 is 1. The van der Waals surface area contributed by atoms with Gasteiger partial charge in [-0.05, 0) is 54.7 Å². The van der Waals surface area contributed by atoms with Crippen LogP contribution in [-0.2, 0) is 21.9 Å². The van der Waals surface area contributed by atoms with Crippen molar-refractivity contribution in [2.75, 3.05) is 21.0 Å². The summed E-state index contributed by atoms with van der Waals surface area (Å²) in [6.45, 7) is 17.1. The van der Waals surface area contributed by atoms with E-state index in [-0.39, 0.29) is 17.4 Å². The topological polar surface area (TPSA) is 30.5 Å². The number of unbranched alkanes of at least 4 members (excludes halogenated alkanes) is 2. The molecule has 2 rings (SSSR count). The van der Waals surface area contributed by atoms with Crippen molar-refractivity contribution < 1.29 is 9.47 Å². The number of ether oxygens (including phenoxy) is 2. The van der Waals surface area contributed by atoms with E-state index in [1.165, 1.54) is 52.4 Å². The number of rotatable bonds is 12. The summed E-state index contributed by atoms with van der Waals surface area (Å²) in [6.07, 6.45) is 4.84. The largest absolute Gasteiger partial charge is 0.467 e. The molecule has 0 spiro atoms. The van der Waals surface area contributed by atoms with Gasteiger partial charge < -0.3 is 14.8 Å². The molecule has 2 aromatic carbocycles. The maximum atomic E-state index is 6.24. The van der Waals surface area contributed by atoms with E-state index >= 15 is 0 Å². The highest BCUT2D eigenvalue weighted by Gasteiger charge is 2.33. The molecule has 2 atom stereocenters. The summed E-state index contributed by atoms with van der Waals surface area (Å²) >= 11 is 0. The summed E-state index contributed by atoms with van der Waals surface area (Å²) in [5.74, 6) is 0.999. The molecule has 0 amide bonds. The molecule has 184 valence electrons. The second-order valence-electron chi connectivity index (χ2n) is 10.6. The van der Waals surface area contributed by atoms with Gasteiger partial charge in [0.1, 0.15) is 5.75 Å². The highest BCUT2D eigenvalue weighted by molar-refractivity contribution is 7.48. The lowest BCUT2D eigenvalue weighted by molar-refractivity contribution is 0.0494. The van der Waals surface area contributed by atoms with Crippen LogP contribution in [0.15, 0.2) is 30.3 Å². The van der Waals surface area contributed by atoms with Crippen LogP contribution in [0.1, 0.15) is 88.1 Å². The van der Waals surface area contributed by atoms with Crippen LogP contribution in [0.25, 0.3) is 0 Å². The van der Waals surface area contributed by atoms with Gasteiger partial charge in [0.2, 0.25) is 0 Å². The van der Waals surface area contributed by atoms with Crippen molar-refractivity contribution in [3.8, 4) is 5.75 Å². The van der Waals surface area contributed by atoms with E-state index in [0.29, 0.717) is 8.58 Å². The third-order valence-electron chi connectivity index (χ3n) is 6.38. The minimum atomic E-state index is -0.0119. The lowest BCUT2D eigenvalue weighted by Crippen LogP contribution is -2.25. The van der Waals surface area contributed by atoms with Crippen LogP contribution < -0.4 is 15.4 Å². The average molecular weight is 472 g/mol. The van der Waals surface area contributed by atoms with Crippen LogP contribution in [0.2, 0.25) is 0 Å². The molecule has 0 bridgehead atoms. The molecule has 0 saturated carbocycles. The van der Waals surface area contributed by atoms with Gasteiger partial charge in [-0.2, -0.15) is 0 Å². The molecule has 0 aromatic heterocycles. The van der Waals surface area contributed by atoms with Crippen molar-refractivity contribution in [3.63, 3.8) is 0 Å². The second-order valence-corrected chi connectivity index (χ2v) is 12.5. The number of hydrogen-bond donors (Lipinski definition) is 1. The van der Waals surface area contributed by atoms with Gasteiger partial charge >= 0.3 is 0 Å². The van der Waals surface area contributed by atoms with E-state index in [1.54, 1.807) is 7.11 Å². The van der Waals surface area contributed by atoms with Crippen molar-refractivity contribution in [3.05, 3.63) is 58.1 Å². The predicted molar refractivity (Wildman–Crippen MR) is 146 cm³/mol. The summed E-state index contributed by atoms with van der Waals surface area (Å²) in [5, 5.41) is 4.81. The summed E-state index contributed by atoms with van der Waals surface area (Å²) in [4.78, 5) is 0. The van der Waals surface area contributed by atoms with Gasteiger partial charge in [0.05, 0.1) is 0 Å². The summed E-state index contributed by atoms with van der Waals surface area (Å²) in [6, 6.07) is 11.7. The first-order valence-electron chi connectivity index (χ1n) is 12.4. The van der Waals surface area contributed by atoms with Crippen LogP contribution >= 0.6 is 8.58 Å². The van der Waals surface area contributed by atoms with Crippen molar-refractivity contribution in [1.29, 1.82) is 0 Å². The van der Waals surface area contributed by atoms with Gasteiger partial charge in [-0.3, -0.25) is 0 Å². The Morgan fingerprint density at radius 2 is 1.73 bits per heavy atom. The molecule has 2 unspecified atom stereocenters. The minimum Gasteiger partial charge on any atom is -0.467 e.